The summed E-state index contributed by atoms with van der Waals surface area (Å²) in [6, 6.07) is 4.43. The number of halogens is 1. The molecule has 0 aliphatic heterocycles. The van der Waals surface area contributed by atoms with Crippen LogP contribution in [0.2, 0.25) is 0 Å². The fourth-order valence-corrected chi connectivity index (χ4v) is 2.44. The molecule has 1 unspecified atom stereocenters. The SMILES string of the molecule is CCNC(CC1CCC1)c1ccc(Br)o1. The zero-order valence-corrected chi connectivity index (χ0v) is 10.7. The van der Waals surface area contributed by atoms with Crippen LogP contribution in [-0.4, -0.2) is 6.54 Å². The Morgan fingerprint density at radius 1 is 1.53 bits per heavy atom. The van der Waals surface area contributed by atoms with Gasteiger partial charge in [0.25, 0.3) is 0 Å². The molecule has 0 aromatic carbocycles. The van der Waals surface area contributed by atoms with Gasteiger partial charge in [0, 0.05) is 0 Å². The molecule has 0 radical (unpaired) electrons. The van der Waals surface area contributed by atoms with Gasteiger partial charge in [0.2, 0.25) is 0 Å². The number of rotatable bonds is 5. The first-order chi connectivity index (χ1) is 7.29. The van der Waals surface area contributed by atoms with E-state index in [4.69, 9.17) is 4.42 Å². The molecule has 0 saturated heterocycles. The van der Waals surface area contributed by atoms with Gasteiger partial charge in [-0.1, -0.05) is 26.2 Å². The van der Waals surface area contributed by atoms with Crippen LogP contribution in [0.4, 0.5) is 0 Å². The highest BCUT2D eigenvalue weighted by molar-refractivity contribution is 9.10. The van der Waals surface area contributed by atoms with Crippen LogP contribution in [-0.2, 0) is 0 Å². The standard InChI is InChI=1S/C12H18BrNO/c1-2-14-10(8-9-4-3-5-9)11-6-7-12(13)15-11/h6-7,9-10,14H,2-5,8H2,1H3. The lowest BCUT2D eigenvalue weighted by Gasteiger charge is -2.29. The van der Waals surface area contributed by atoms with Crippen molar-refractivity contribution in [1.29, 1.82) is 0 Å². The quantitative estimate of drug-likeness (QED) is 0.879. The summed E-state index contributed by atoms with van der Waals surface area (Å²) in [5.41, 5.74) is 0. The third-order valence-corrected chi connectivity index (χ3v) is 3.61. The molecule has 2 nitrogen and oxygen atoms in total. The predicted molar refractivity (Wildman–Crippen MR) is 64.8 cm³/mol. The van der Waals surface area contributed by atoms with Crippen LogP contribution >= 0.6 is 15.9 Å². The van der Waals surface area contributed by atoms with E-state index in [-0.39, 0.29) is 0 Å². The maximum absolute atomic E-state index is 5.62. The van der Waals surface area contributed by atoms with E-state index in [0.29, 0.717) is 6.04 Å². The Morgan fingerprint density at radius 2 is 2.33 bits per heavy atom. The first kappa shape index (κ1) is 11.2. The molecule has 1 saturated carbocycles. The fraction of sp³-hybridized carbons (Fsp3) is 0.667. The van der Waals surface area contributed by atoms with E-state index < -0.39 is 0 Å². The monoisotopic (exact) mass is 271 g/mol. The van der Waals surface area contributed by atoms with Gasteiger partial charge in [-0.25, -0.2) is 0 Å². The zero-order valence-electron chi connectivity index (χ0n) is 9.13. The lowest BCUT2D eigenvalue weighted by Crippen LogP contribution is -2.25. The van der Waals surface area contributed by atoms with E-state index in [9.17, 15) is 0 Å². The van der Waals surface area contributed by atoms with Gasteiger partial charge in [-0.2, -0.15) is 0 Å². The van der Waals surface area contributed by atoms with Crippen LogP contribution < -0.4 is 5.32 Å². The first-order valence-corrected chi connectivity index (χ1v) is 6.57. The van der Waals surface area contributed by atoms with Crippen molar-refractivity contribution >= 4 is 15.9 Å². The number of hydrogen-bond donors (Lipinski definition) is 1. The molecule has 1 aromatic heterocycles. The van der Waals surface area contributed by atoms with Crippen molar-refractivity contribution in [3.8, 4) is 0 Å². The smallest absolute Gasteiger partial charge is 0.169 e. The molecule has 1 atom stereocenters. The van der Waals surface area contributed by atoms with Gasteiger partial charge in [0.05, 0.1) is 6.04 Å². The Morgan fingerprint density at radius 3 is 2.80 bits per heavy atom. The second-order valence-corrected chi connectivity index (χ2v) is 5.07. The number of nitrogens with one attached hydrogen (secondary N) is 1. The van der Waals surface area contributed by atoms with Crippen molar-refractivity contribution in [1.82, 2.24) is 5.32 Å². The van der Waals surface area contributed by atoms with Crippen LogP contribution in [0.5, 0.6) is 0 Å². The fourth-order valence-electron chi connectivity index (χ4n) is 2.12. The minimum absolute atomic E-state index is 0.395. The molecular formula is C12H18BrNO. The van der Waals surface area contributed by atoms with Gasteiger partial charge in [0.15, 0.2) is 4.67 Å². The van der Waals surface area contributed by atoms with Crippen LogP contribution in [0.3, 0.4) is 0 Å². The van der Waals surface area contributed by atoms with Crippen molar-refractivity contribution < 1.29 is 4.42 Å². The van der Waals surface area contributed by atoms with Gasteiger partial charge in [-0.3, -0.25) is 0 Å². The Hall–Kier alpha value is -0.280. The van der Waals surface area contributed by atoms with E-state index >= 15 is 0 Å². The van der Waals surface area contributed by atoms with Crippen LogP contribution in [0.25, 0.3) is 0 Å². The highest BCUT2D eigenvalue weighted by Gasteiger charge is 2.24. The third kappa shape index (κ3) is 2.85. The van der Waals surface area contributed by atoms with Crippen LogP contribution in [0.1, 0.15) is 44.4 Å². The molecule has 1 aromatic rings. The molecule has 1 N–H and O–H groups in total. The second kappa shape index (κ2) is 5.17. The number of hydrogen-bond acceptors (Lipinski definition) is 2. The largest absolute Gasteiger partial charge is 0.453 e. The first-order valence-electron chi connectivity index (χ1n) is 5.78. The summed E-state index contributed by atoms with van der Waals surface area (Å²) in [6.07, 6.45) is 5.41. The summed E-state index contributed by atoms with van der Waals surface area (Å²) < 4.78 is 6.45. The maximum atomic E-state index is 5.62. The molecule has 15 heavy (non-hydrogen) atoms. The highest BCUT2D eigenvalue weighted by Crippen LogP contribution is 2.35. The summed E-state index contributed by atoms with van der Waals surface area (Å²) in [6.45, 7) is 3.14. The van der Waals surface area contributed by atoms with Crippen molar-refractivity contribution in [3.05, 3.63) is 22.6 Å². The average Bonchev–Trinajstić information content (AvgIpc) is 2.56. The lowest BCUT2D eigenvalue weighted by atomic mass is 9.80. The van der Waals surface area contributed by atoms with Crippen molar-refractivity contribution in [2.24, 2.45) is 5.92 Å². The van der Waals surface area contributed by atoms with Gasteiger partial charge < -0.3 is 9.73 Å². The highest BCUT2D eigenvalue weighted by atomic mass is 79.9. The molecule has 0 spiro atoms. The zero-order chi connectivity index (χ0) is 10.7. The summed E-state index contributed by atoms with van der Waals surface area (Å²) in [5, 5.41) is 3.50. The molecule has 1 aliphatic carbocycles. The van der Waals surface area contributed by atoms with Crippen molar-refractivity contribution in [3.63, 3.8) is 0 Å². The molecule has 1 fully saturated rings. The molecule has 0 bridgehead atoms. The summed E-state index contributed by atoms with van der Waals surface area (Å²) >= 11 is 3.35. The Kier molecular flexibility index (Phi) is 3.87. The molecule has 1 aliphatic rings. The van der Waals surface area contributed by atoms with Crippen LogP contribution in [0, 0.1) is 5.92 Å². The topological polar surface area (TPSA) is 25.2 Å². The summed E-state index contributed by atoms with van der Waals surface area (Å²) in [5.74, 6) is 1.97. The predicted octanol–water partition coefficient (Wildman–Crippen LogP) is 3.88. The lowest BCUT2D eigenvalue weighted by molar-refractivity contribution is 0.246. The van der Waals surface area contributed by atoms with E-state index in [1.54, 1.807) is 0 Å². The van der Waals surface area contributed by atoms with Gasteiger partial charge in [-0.05, 0) is 46.9 Å². The van der Waals surface area contributed by atoms with E-state index in [2.05, 4.69) is 34.2 Å². The Bertz CT molecular complexity index is 306. The maximum Gasteiger partial charge on any atom is 0.169 e. The summed E-state index contributed by atoms with van der Waals surface area (Å²) in [4.78, 5) is 0. The minimum Gasteiger partial charge on any atom is -0.453 e. The average molecular weight is 272 g/mol. The van der Waals surface area contributed by atoms with E-state index in [1.165, 1.54) is 25.7 Å². The third-order valence-electron chi connectivity index (χ3n) is 3.18. The Balaban J connectivity index is 1.97. The van der Waals surface area contributed by atoms with Gasteiger partial charge >= 0.3 is 0 Å². The number of furan rings is 1. The summed E-state index contributed by atoms with van der Waals surface area (Å²) in [7, 11) is 0. The van der Waals surface area contributed by atoms with Gasteiger partial charge in [0.1, 0.15) is 5.76 Å². The normalized spacial score (nSPS) is 18.8. The van der Waals surface area contributed by atoms with Crippen molar-refractivity contribution in [2.75, 3.05) is 6.54 Å². The molecule has 0 amide bonds. The van der Waals surface area contributed by atoms with E-state index in [1.807, 2.05) is 6.07 Å². The molecule has 84 valence electrons. The second-order valence-electron chi connectivity index (χ2n) is 4.28. The molecule has 3 heteroatoms. The van der Waals surface area contributed by atoms with Crippen molar-refractivity contribution in [2.45, 2.75) is 38.6 Å². The Labute approximate surface area is 99.6 Å². The van der Waals surface area contributed by atoms with Gasteiger partial charge in [-0.15, -0.1) is 0 Å². The van der Waals surface area contributed by atoms with E-state index in [0.717, 1.165) is 22.9 Å². The molecular weight excluding hydrogens is 254 g/mol. The molecule has 2 rings (SSSR count). The molecule has 1 heterocycles. The van der Waals surface area contributed by atoms with Crippen LogP contribution in [0.15, 0.2) is 21.2 Å². The minimum atomic E-state index is 0.395.